The second-order valence-electron chi connectivity index (χ2n) is 6.50. The summed E-state index contributed by atoms with van der Waals surface area (Å²) in [6.07, 6.45) is -0.249. The van der Waals surface area contributed by atoms with E-state index in [1.807, 2.05) is 0 Å². The van der Waals surface area contributed by atoms with Crippen LogP contribution in [0.25, 0.3) is 11.5 Å². The SMILES string of the molecule is C[C@@H](OC(=O)[C@H]1COc2ccc(Cl)cc2C1)c1nnc(-c2ccc(F)cc2)o1. The van der Waals surface area contributed by atoms with Gasteiger partial charge in [0.1, 0.15) is 18.2 Å². The Balaban J connectivity index is 1.42. The third-order valence-electron chi connectivity index (χ3n) is 4.43. The van der Waals surface area contributed by atoms with E-state index in [-0.39, 0.29) is 24.2 Å². The van der Waals surface area contributed by atoms with Crippen molar-refractivity contribution in [3.8, 4) is 17.2 Å². The van der Waals surface area contributed by atoms with Crippen molar-refractivity contribution in [2.75, 3.05) is 6.61 Å². The first kappa shape index (κ1) is 18.4. The number of benzene rings is 2. The molecule has 0 aliphatic carbocycles. The third-order valence-corrected chi connectivity index (χ3v) is 4.67. The number of nitrogens with zero attached hydrogens (tertiary/aromatic N) is 2. The van der Waals surface area contributed by atoms with Crippen molar-refractivity contribution in [3.05, 3.63) is 64.8 Å². The summed E-state index contributed by atoms with van der Waals surface area (Å²) in [6, 6.07) is 11.0. The van der Waals surface area contributed by atoms with E-state index < -0.39 is 18.0 Å². The maximum atomic E-state index is 13.0. The van der Waals surface area contributed by atoms with Crippen LogP contribution in [0.5, 0.6) is 5.75 Å². The van der Waals surface area contributed by atoms with Gasteiger partial charge in [-0.15, -0.1) is 10.2 Å². The highest BCUT2D eigenvalue weighted by atomic mass is 35.5. The summed E-state index contributed by atoms with van der Waals surface area (Å²) < 4.78 is 29.7. The maximum Gasteiger partial charge on any atom is 0.313 e. The Morgan fingerprint density at radius 2 is 2.04 bits per heavy atom. The summed E-state index contributed by atoms with van der Waals surface area (Å²) >= 11 is 6.01. The summed E-state index contributed by atoms with van der Waals surface area (Å²) in [5.41, 5.74) is 1.44. The number of halogens is 2. The minimum absolute atomic E-state index is 0.160. The van der Waals surface area contributed by atoms with Crippen molar-refractivity contribution in [2.45, 2.75) is 19.4 Å². The fourth-order valence-corrected chi connectivity index (χ4v) is 3.14. The van der Waals surface area contributed by atoms with E-state index in [0.29, 0.717) is 17.0 Å². The second-order valence-corrected chi connectivity index (χ2v) is 6.93. The van der Waals surface area contributed by atoms with Crippen molar-refractivity contribution in [2.24, 2.45) is 5.92 Å². The number of esters is 1. The summed E-state index contributed by atoms with van der Waals surface area (Å²) in [7, 11) is 0. The lowest BCUT2D eigenvalue weighted by molar-refractivity contribution is -0.156. The summed E-state index contributed by atoms with van der Waals surface area (Å²) in [6.45, 7) is 1.87. The van der Waals surface area contributed by atoms with E-state index in [2.05, 4.69) is 10.2 Å². The van der Waals surface area contributed by atoms with Crippen LogP contribution in [0.15, 0.2) is 46.9 Å². The first-order valence-electron chi connectivity index (χ1n) is 8.70. The number of rotatable bonds is 4. The predicted molar refractivity (Wildman–Crippen MR) is 98.3 cm³/mol. The minimum atomic E-state index is -0.727. The number of hydrogen-bond donors (Lipinski definition) is 0. The molecule has 1 aliphatic rings. The molecule has 3 aromatic rings. The van der Waals surface area contributed by atoms with Gasteiger partial charge in [-0.3, -0.25) is 4.79 Å². The molecule has 2 aromatic carbocycles. The van der Waals surface area contributed by atoms with Crippen LogP contribution in [0.3, 0.4) is 0 Å². The molecule has 2 heterocycles. The van der Waals surface area contributed by atoms with Crippen LogP contribution in [-0.2, 0) is 16.0 Å². The smallest absolute Gasteiger partial charge is 0.313 e. The number of fused-ring (bicyclic) bond motifs is 1. The molecular formula is C20H16ClFN2O4. The first-order chi connectivity index (χ1) is 13.5. The van der Waals surface area contributed by atoms with Crippen LogP contribution in [0.2, 0.25) is 5.02 Å². The molecular weight excluding hydrogens is 387 g/mol. The number of ether oxygens (including phenoxy) is 2. The zero-order valence-electron chi connectivity index (χ0n) is 14.9. The highest BCUT2D eigenvalue weighted by Crippen LogP contribution is 2.31. The monoisotopic (exact) mass is 402 g/mol. The summed E-state index contributed by atoms with van der Waals surface area (Å²) in [5, 5.41) is 8.44. The molecule has 2 atom stereocenters. The van der Waals surface area contributed by atoms with E-state index in [9.17, 15) is 9.18 Å². The number of aromatic nitrogens is 2. The number of hydrogen-bond acceptors (Lipinski definition) is 6. The van der Waals surface area contributed by atoms with Gasteiger partial charge in [0.2, 0.25) is 5.89 Å². The quantitative estimate of drug-likeness (QED) is 0.603. The molecule has 4 rings (SSSR count). The zero-order chi connectivity index (χ0) is 19.7. The highest BCUT2D eigenvalue weighted by Gasteiger charge is 2.30. The highest BCUT2D eigenvalue weighted by molar-refractivity contribution is 6.30. The van der Waals surface area contributed by atoms with Crippen molar-refractivity contribution >= 4 is 17.6 Å². The fourth-order valence-electron chi connectivity index (χ4n) is 2.94. The average molecular weight is 403 g/mol. The zero-order valence-corrected chi connectivity index (χ0v) is 15.6. The lowest BCUT2D eigenvalue weighted by Gasteiger charge is -2.24. The Bertz CT molecular complexity index is 1010. The van der Waals surface area contributed by atoms with Gasteiger partial charge in [0, 0.05) is 10.6 Å². The van der Waals surface area contributed by atoms with Gasteiger partial charge in [0.05, 0.1) is 5.92 Å². The summed E-state index contributed by atoms with van der Waals surface area (Å²) in [4.78, 5) is 12.5. The Labute approximate surface area is 165 Å². The van der Waals surface area contributed by atoms with Gasteiger partial charge in [-0.05, 0) is 61.4 Å². The lowest BCUT2D eigenvalue weighted by Crippen LogP contribution is -2.30. The minimum Gasteiger partial charge on any atom is -0.492 e. The molecule has 1 aliphatic heterocycles. The molecule has 0 unspecified atom stereocenters. The first-order valence-corrected chi connectivity index (χ1v) is 9.08. The Morgan fingerprint density at radius 3 is 2.82 bits per heavy atom. The Morgan fingerprint density at radius 1 is 1.25 bits per heavy atom. The van der Waals surface area contributed by atoms with Gasteiger partial charge in [-0.1, -0.05) is 11.6 Å². The average Bonchev–Trinajstić information content (AvgIpc) is 3.18. The van der Waals surface area contributed by atoms with Crippen molar-refractivity contribution in [1.82, 2.24) is 10.2 Å². The van der Waals surface area contributed by atoms with E-state index in [0.717, 1.165) is 11.3 Å². The van der Waals surface area contributed by atoms with Gasteiger partial charge < -0.3 is 13.9 Å². The molecule has 0 saturated carbocycles. The van der Waals surface area contributed by atoms with Crippen molar-refractivity contribution in [3.63, 3.8) is 0 Å². The van der Waals surface area contributed by atoms with Crippen LogP contribution in [0.1, 0.15) is 24.5 Å². The van der Waals surface area contributed by atoms with Crippen LogP contribution >= 0.6 is 11.6 Å². The van der Waals surface area contributed by atoms with Gasteiger partial charge in [-0.2, -0.15) is 0 Å². The fraction of sp³-hybridized carbons (Fsp3) is 0.250. The molecule has 0 N–H and O–H groups in total. The molecule has 8 heteroatoms. The normalized spacial score (nSPS) is 16.8. The predicted octanol–water partition coefficient (Wildman–Crippen LogP) is 4.38. The maximum absolute atomic E-state index is 13.0. The van der Waals surface area contributed by atoms with Crippen molar-refractivity contribution < 1.29 is 23.1 Å². The van der Waals surface area contributed by atoms with E-state index in [1.54, 1.807) is 25.1 Å². The standard InChI is InChI=1S/C20H16ClFN2O4/c1-11(18-23-24-19(28-18)12-2-5-16(22)6-3-12)27-20(25)14-8-13-9-15(21)4-7-17(13)26-10-14/h2-7,9,11,14H,8,10H2,1H3/t11-,14-/m1/s1. The molecule has 1 aromatic heterocycles. The Kier molecular flexibility index (Phi) is 5.00. The van der Waals surface area contributed by atoms with Gasteiger partial charge >= 0.3 is 5.97 Å². The number of carbonyl (C=O) groups is 1. The van der Waals surface area contributed by atoms with E-state index in [1.165, 1.54) is 24.3 Å². The van der Waals surface area contributed by atoms with Gasteiger partial charge in [0.15, 0.2) is 6.10 Å². The van der Waals surface area contributed by atoms with Gasteiger partial charge in [0.25, 0.3) is 5.89 Å². The Hall–Kier alpha value is -2.93. The molecule has 0 spiro atoms. The third kappa shape index (κ3) is 3.84. The van der Waals surface area contributed by atoms with Crippen molar-refractivity contribution in [1.29, 1.82) is 0 Å². The molecule has 28 heavy (non-hydrogen) atoms. The molecule has 0 amide bonds. The van der Waals surface area contributed by atoms with Crippen LogP contribution in [-0.4, -0.2) is 22.8 Å². The van der Waals surface area contributed by atoms with E-state index in [4.69, 9.17) is 25.5 Å². The van der Waals surface area contributed by atoms with E-state index >= 15 is 0 Å². The summed E-state index contributed by atoms with van der Waals surface area (Å²) in [5.74, 6) is -0.117. The topological polar surface area (TPSA) is 74.5 Å². The van der Waals surface area contributed by atoms with Crippen LogP contribution < -0.4 is 4.74 Å². The molecule has 144 valence electrons. The van der Waals surface area contributed by atoms with Crippen LogP contribution in [0.4, 0.5) is 4.39 Å². The molecule has 0 fully saturated rings. The lowest BCUT2D eigenvalue weighted by atomic mass is 9.97. The number of carbonyl (C=O) groups excluding carboxylic acids is 1. The second kappa shape index (κ2) is 7.59. The molecule has 0 saturated heterocycles. The van der Waals surface area contributed by atoms with Gasteiger partial charge in [-0.25, -0.2) is 4.39 Å². The molecule has 0 bridgehead atoms. The molecule has 6 nitrogen and oxygen atoms in total. The van der Waals surface area contributed by atoms with Crippen LogP contribution in [0, 0.1) is 11.7 Å². The largest absolute Gasteiger partial charge is 0.492 e. The molecule has 0 radical (unpaired) electrons.